The summed E-state index contributed by atoms with van der Waals surface area (Å²) in [6, 6.07) is 8.10. The number of H-pyrrole nitrogens is 2. The van der Waals surface area contributed by atoms with Gasteiger partial charge in [-0.2, -0.15) is 5.10 Å². The van der Waals surface area contributed by atoms with Crippen LogP contribution in [0.2, 0.25) is 0 Å². The fourth-order valence-corrected chi connectivity index (χ4v) is 3.25. The molecule has 5 N–H and O–H groups in total. The number of nitrogens with one attached hydrogen (secondary N) is 3. The molecule has 1 aromatic carbocycles. The molecule has 0 atom stereocenters. The minimum absolute atomic E-state index is 0.406. The number of hydrogen-bond donors (Lipinski definition) is 4. The Kier molecular flexibility index (Phi) is 10.3. The van der Waals surface area contributed by atoms with Gasteiger partial charge in [0.05, 0.1) is 12.2 Å². The lowest BCUT2D eigenvalue weighted by Crippen LogP contribution is -2.16. The van der Waals surface area contributed by atoms with Crippen LogP contribution in [0.25, 0.3) is 10.9 Å². The molecule has 2 heterocycles. The Morgan fingerprint density at radius 3 is 2.53 bits per heavy atom. The minimum Gasteiger partial charge on any atom is -0.383 e. The average molecular weight is 463 g/mol. The zero-order chi connectivity index (χ0) is 25.1. The molecule has 3 aromatic rings. The molecular weight excluding hydrogens is 424 g/mol. The summed E-state index contributed by atoms with van der Waals surface area (Å²) in [6.07, 6.45) is 7.11. The average Bonchev–Trinajstić information content (AvgIpc) is 3.39. The number of aryl methyl sites for hydroxylation is 1. The summed E-state index contributed by atoms with van der Waals surface area (Å²) in [7, 11) is 4.11. The Hall–Kier alpha value is -3.65. The van der Waals surface area contributed by atoms with Gasteiger partial charge in [0.25, 0.3) is 0 Å². The number of aromatic nitrogens is 2. The number of rotatable bonds is 8. The fraction of sp³-hybridized carbons (Fsp3) is 0.346. The van der Waals surface area contributed by atoms with E-state index in [1.807, 2.05) is 50.5 Å². The predicted molar refractivity (Wildman–Crippen MR) is 146 cm³/mol. The van der Waals surface area contributed by atoms with E-state index in [2.05, 4.69) is 76.1 Å². The molecule has 3 rings (SSSR count). The summed E-state index contributed by atoms with van der Waals surface area (Å²) in [5.41, 5.74) is 15.1. The Morgan fingerprint density at radius 2 is 1.91 bits per heavy atom. The van der Waals surface area contributed by atoms with Crippen molar-refractivity contribution in [3.8, 4) is 0 Å². The van der Waals surface area contributed by atoms with Crippen molar-refractivity contribution in [1.82, 2.24) is 20.3 Å². The molecule has 0 bridgehead atoms. The number of hydrogen-bond acceptors (Lipinski definition) is 4. The molecule has 0 amide bonds. The number of aromatic amines is 2. The van der Waals surface area contributed by atoms with E-state index in [0.717, 1.165) is 34.6 Å². The van der Waals surface area contributed by atoms with Gasteiger partial charge >= 0.3 is 0 Å². The molecule has 2 aromatic heterocycles. The molecule has 0 aliphatic carbocycles. The Bertz CT molecular complexity index is 1160. The summed E-state index contributed by atoms with van der Waals surface area (Å²) < 4.78 is 0. The molecule has 8 nitrogen and oxygen atoms in total. The second kappa shape index (κ2) is 13.2. The first-order valence-corrected chi connectivity index (χ1v) is 11.5. The molecule has 8 heteroatoms. The van der Waals surface area contributed by atoms with Crippen molar-refractivity contribution < 1.29 is 0 Å². The number of nitrogens with zero attached hydrogens (tertiary/aromatic N) is 4. The summed E-state index contributed by atoms with van der Waals surface area (Å²) in [5, 5.41) is 4.83. The first kappa shape index (κ1) is 26.6. The van der Waals surface area contributed by atoms with Crippen LogP contribution in [0, 0.1) is 6.92 Å². The molecule has 0 aliphatic rings. The highest BCUT2D eigenvalue weighted by molar-refractivity contribution is 6.11. The first-order chi connectivity index (χ1) is 16.3. The van der Waals surface area contributed by atoms with Gasteiger partial charge in [0.1, 0.15) is 5.84 Å². The van der Waals surface area contributed by atoms with Crippen molar-refractivity contribution in [2.24, 2.45) is 20.8 Å². The van der Waals surface area contributed by atoms with Crippen LogP contribution in [-0.4, -0.2) is 53.9 Å². The normalized spacial score (nSPS) is 12.6. The number of amidine groups is 2. The SMILES string of the molecule is C=NN/C(C)=C\CN=C(N=C(N)c1ccc2c(CN(C)C)c[nH]c2c1)c1cc(C)c[nH]1.CCC. The third kappa shape index (κ3) is 7.74. The zero-order valence-corrected chi connectivity index (χ0v) is 21.2. The van der Waals surface area contributed by atoms with Gasteiger partial charge in [0.2, 0.25) is 0 Å². The number of fused-ring (bicyclic) bond motifs is 1. The lowest BCUT2D eigenvalue weighted by Gasteiger charge is -2.08. The van der Waals surface area contributed by atoms with E-state index in [9.17, 15) is 0 Å². The van der Waals surface area contributed by atoms with Crippen LogP contribution < -0.4 is 11.2 Å². The van der Waals surface area contributed by atoms with E-state index < -0.39 is 0 Å². The maximum atomic E-state index is 6.38. The smallest absolute Gasteiger partial charge is 0.173 e. The number of hydrazone groups is 1. The van der Waals surface area contributed by atoms with E-state index >= 15 is 0 Å². The van der Waals surface area contributed by atoms with Gasteiger partial charge in [-0.15, -0.1) is 0 Å². The molecule has 0 aliphatic heterocycles. The van der Waals surface area contributed by atoms with Crippen LogP contribution in [0.5, 0.6) is 0 Å². The zero-order valence-electron chi connectivity index (χ0n) is 21.2. The topological polar surface area (TPSA) is 110 Å². The molecule has 0 saturated carbocycles. The van der Waals surface area contributed by atoms with Crippen molar-refractivity contribution in [1.29, 1.82) is 0 Å². The van der Waals surface area contributed by atoms with Crippen LogP contribution in [0.1, 0.15) is 49.6 Å². The van der Waals surface area contributed by atoms with E-state index in [-0.39, 0.29) is 0 Å². The van der Waals surface area contributed by atoms with Crippen molar-refractivity contribution >= 4 is 29.3 Å². The lowest BCUT2D eigenvalue weighted by molar-refractivity contribution is 0.404. The van der Waals surface area contributed by atoms with E-state index in [0.29, 0.717) is 18.2 Å². The van der Waals surface area contributed by atoms with E-state index in [4.69, 9.17) is 5.73 Å². The predicted octanol–water partition coefficient (Wildman–Crippen LogP) is 4.54. The first-order valence-electron chi connectivity index (χ1n) is 11.5. The fourth-order valence-electron chi connectivity index (χ4n) is 3.25. The van der Waals surface area contributed by atoms with Gasteiger partial charge < -0.3 is 20.6 Å². The molecule has 0 spiro atoms. The minimum atomic E-state index is 0.406. The highest BCUT2D eigenvalue weighted by atomic mass is 15.3. The van der Waals surface area contributed by atoms with Crippen LogP contribution in [-0.2, 0) is 6.54 Å². The van der Waals surface area contributed by atoms with Gasteiger partial charge in [0.15, 0.2) is 5.84 Å². The molecule has 0 saturated heterocycles. The third-order valence-corrected chi connectivity index (χ3v) is 4.74. The Morgan fingerprint density at radius 1 is 1.18 bits per heavy atom. The van der Waals surface area contributed by atoms with Crippen molar-refractivity contribution in [3.05, 3.63) is 70.8 Å². The number of benzene rings is 1. The number of aliphatic imine (C=N–C) groups is 2. The third-order valence-electron chi connectivity index (χ3n) is 4.74. The molecule has 0 fully saturated rings. The number of allylic oxidation sites excluding steroid dienone is 1. The van der Waals surface area contributed by atoms with Crippen LogP contribution in [0.15, 0.2) is 63.5 Å². The van der Waals surface area contributed by atoms with Gasteiger partial charge in [-0.05, 0) is 57.3 Å². The van der Waals surface area contributed by atoms with Crippen LogP contribution >= 0.6 is 0 Å². The van der Waals surface area contributed by atoms with Gasteiger partial charge in [-0.3, -0.25) is 10.4 Å². The van der Waals surface area contributed by atoms with Crippen molar-refractivity contribution in [2.75, 3.05) is 20.6 Å². The van der Waals surface area contributed by atoms with Crippen LogP contribution in [0.3, 0.4) is 0 Å². The lowest BCUT2D eigenvalue weighted by atomic mass is 10.1. The van der Waals surface area contributed by atoms with E-state index in [1.165, 1.54) is 17.4 Å². The second-order valence-corrected chi connectivity index (χ2v) is 8.43. The molecule has 0 unspecified atom stereocenters. The van der Waals surface area contributed by atoms with Crippen LogP contribution in [0.4, 0.5) is 0 Å². The molecular formula is C26H38N8. The summed E-state index contributed by atoms with van der Waals surface area (Å²) in [5.74, 6) is 0.948. The summed E-state index contributed by atoms with van der Waals surface area (Å²) in [6.45, 7) is 12.9. The van der Waals surface area contributed by atoms with E-state index in [1.54, 1.807) is 0 Å². The number of nitrogens with two attached hydrogens (primary N) is 1. The monoisotopic (exact) mass is 462 g/mol. The van der Waals surface area contributed by atoms with Gasteiger partial charge in [-0.1, -0.05) is 32.4 Å². The van der Waals surface area contributed by atoms with Crippen molar-refractivity contribution in [2.45, 2.75) is 40.7 Å². The van der Waals surface area contributed by atoms with Gasteiger partial charge in [0, 0.05) is 47.8 Å². The largest absolute Gasteiger partial charge is 0.383 e. The maximum absolute atomic E-state index is 6.38. The Labute approximate surface area is 202 Å². The molecule has 0 radical (unpaired) electrons. The second-order valence-electron chi connectivity index (χ2n) is 8.43. The highest BCUT2D eigenvalue weighted by Crippen LogP contribution is 2.21. The highest BCUT2D eigenvalue weighted by Gasteiger charge is 2.10. The summed E-state index contributed by atoms with van der Waals surface area (Å²) in [4.78, 5) is 17.9. The molecule has 34 heavy (non-hydrogen) atoms. The Balaban J connectivity index is 0.00000129. The quantitative estimate of drug-likeness (QED) is 0.224. The summed E-state index contributed by atoms with van der Waals surface area (Å²) >= 11 is 0. The maximum Gasteiger partial charge on any atom is 0.173 e. The standard InChI is InChI=1S/C23H30N8.C3H8/c1-15-10-21(27-12-15)23(26-9-8-16(2)30-25-3)29-22(24)17-6-7-19-18(14-31(4)5)13-28-20(19)11-17;1-3-2/h6-8,10-13,27-28,30H,3,9,14H2,1-2,4-5H3,(H2,24,26,29);3H2,1-2H3/b16-8-;. The van der Waals surface area contributed by atoms with Crippen molar-refractivity contribution in [3.63, 3.8) is 0 Å². The van der Waals surface area contributed by atoms with Gasteiger partial charge in [-0.25, -0.2) is 4.99 Å². The molecule has 182 valence electrons.